The van der Waals surface area contributed by atoms with Crippen molar-refractivity contribution in [1.82, 2.24) is 9.80 Å². The van der Waals surface area contributed by atoms with Crippen LogP contribution < -0.4 is 0 Å². The van der Waals surface area contributed by atoms with Gasteiger partial charge in [-0.15, -0.1) is 0 Å². The van der Waals surface area contributed by atoms with Crippen LogP contribution >= 0.6 is 24.0 Å². The molecule has 2 aliphatic heterocycles. The molecule has 2 saturated heterocycles. The zero-order chi connectivity index (χ0) is 15.5. The lowest BCUT2D eigenvalue weighted by molar-refractivity contribution is -0.123. The molecule has 4 nitrogen and oxygen atoms in total. The number of phenols is 1. The van der Waals surface area contributed by atoms with Crippen molar-refractivity contribution in [2.75, 3.05) is 19.8 Å². The maximum Gasteiger partial charge on any atom is 0.267 e. The Bertz CT molecular complexity index is 624. The summed E-state index contributed by atoms with van der Waals surface area (Å²) in [6.45, 7) is 2.62. The van der Waals surface area contributed by atoms with E-state index in [1.165, 1.54) is 31.0 Å². The molecule has 0 aliphatic carbocycles. The second kappa shape index (κ2) is 6.81. The molecule has 2 fully saturated rings. The van der Waals surface area contributed by atoms with Crippen LogP contribution in [0.1, 0.15) is 24.8 Å². The summed E-state index contributed by atoms with van der Waals surface area (Å²) in [7, 11) is 0. The number of hydrogen-bond donors (Lipinski definition) is 1. The van der Waals surface area contributed by atoms with E-state index >= 15 is 0 Å². The van der Waals surface area contributed by atoms with Crippen molar-refractivity contribution in [2.24, 2.45) is 0 Å². The normalized spacial score (nSPS) is 21.8. The van der Waals surface area contributed by atoms with E-state index in [2.05, 4.69) is 4.90 Å². The second-order valence-corrected chi connectivity index (χ2v) is 7.16. The van der Waals surface area contributed by atoms with Gasteiger partial charge in [0.2, 0.25) is 0 Å². The van der Waals surface area contributed by atoms with Crippen molar-refractivity contribution in [3.8, 4) is 5.75 Å². The van der Waals surface area contributed by atoms with Gasteiger partial charge < -0.3 is 5.11 Å². The third-order valence-corrected chi connectivity index (χ3v) is 5.26. The number of carbonyl (C=O) groups excluding carboxylic acids is 1. The lowest BCUT2D eigenvalue weighted by Crippen LogP contribution is -2.42. The summed E-state index contributed by atoms with van der Waals surface area (Å²) in [6, 6.07) is 6.99. The number of likely N-dealkylation sites (tertiary alicyclic amines) is 1. The number of para-hydroxylation sites is 1. The third-order valence-electron chi connectivity index (χ3n) is 3.89. The molecule has 1 amide bonds. The highest BCUT2D eigenvalue weighted by Crippen LogP contribution is 2.34. The summed E-state index contributed by atoms with van der Waals surface area (Å²) in [6.07, 6.45) is 5.35. The van der Waals surface area contributed by atoms with Gasteiger partial charge in [0, 0.05) is 5.56 Å². The Morgan fingerprint density at radius 1 is 1.23 bits per heavy atom. The van der Waals surface area contributed by atoms with Crippen molar-refractivity contribution in [2.45, 2.75) is 19.3 Å². The van der Waals surface area contributed by atoms with Crippen LogP contribution in [-0.2, 0) is 4.79 Å². The van der Waals surface area contributed by atoms with E-state index < -0.39 is 0 Å². The Balaban J connectivity index is 1.75. The van der Waals surface area contributed by atoms with Crippen LogP contribution in [0.4, 0.5) is 0 Å². The molecule has 0 atom stereocenters. The number of hydrogen-bond acceptors (Lipinski definition) is 5. The van der Waals surface area contributed by atoms with Gasteiger partial charge in [-0.2, -0.15) is 0 Å². The topological polar surface area (TPSA) is 43.8 Å². The highest BCUT2D eigenvalue weighted by atomic mass is 32.2. The summed E-state index contributed by atoms with van der Waals surface area (Å²) in [4.78, 5) is 17.1. The lowest BCUT2D eigenvalue weighted by Gasteiger charge is -2.29. The molecule has 6 heteroatoms. The molecule has 2 heterocycles. The Kier molecular flexibility index (Phi) is 4.81. The third kappa shape index (κ3) is 3.34. The minimum absolute atomic E-state index is 0.0659. The molecule has 3 rings (SSSR count). The fourth-order valence-corrected chi connectivity index (χ4v) is 3.91. The van der Waals surface area contributed by atoms with Gasteiger partial charge in [0.05, 0.1) is 11.6 Å². The molecule has 116 valence electrons. The van der Waals surface area contributed by atoms with Crippen LogP contribution in [0.2, 0.25) is 0 Å². The SMILES string of the molecule is O=C1/C(=C/c2ccccc2O)SC(=S)N1CN1CCCCC1. The van der Waals surface area contributed by atoms with Gasteiger partial charge in [-0.3, -0.25) is 14.6 Å². The molecule has 1 aromatic rings. The Morgan fingerprint density at radius 3 is 2.68 bits per heavy atom. The number of piperidine rings is 1. The van der Waals surface area contributed by atoms with Gasteiger partial charge in [-0.25, -0.2) is 0 Å². The largest absolute Gasteiger partial charge is 0.507 e. The molecule has 0 spiro atoms. The van der Waals surface area contributed by atoms with Crippen molar-refractivity contribution >= 4 is 40.3 Å². The molecule has 2 aliphatic rings. The number of carbonyl (C=O) groups is 1. The molecule has 0 bridgehead atoms. The van der Waals surface area contributed by atoms with Crippen LogP contribution in [0.25, 0.3) is 6.08 Å². The van der Waals surface area contributed by atoms with Gasteiger partial charge in [0.1, 0.15) is 10.1 Å². The predicted molar refractivity (Wildman–Crippen MR) is 93.4 cm³/mol. The van der Waals surface area contributed by atoms with Crippen LogP contribution in [0, 0.1) is 0 Å². The summed E-state index contributed by atoms with van der Waals surface area (Å²) in [5, 5.41) is 9.83. The molecule has 0 aromatic heterocycles. The van der Waals surface area contributed by atoms with Crippen LogP contribution in [0.3, 0.4) is 0 Å². The zero-order valence-electron chi connectivity index (χ0n) is 12.2. The molecule has 1 N–H and O–H groups in total. The average Bonchev–Trinajstić information content (AvgIpc) is 2.78. The standard InChI is InChI=1S/C16H18N2O2S2/c19-13-7-3-2-6-12(13)10-14-15(20)18(16(21)22-14)11-17-8-4-1-5-9-17/h2-3,6-7,10,19H,1,4-5,8-9,11H2/b14-10-. The minimum atomic E-state index is -0.0659. The summed E-state index contributed by atoms with van der Waals surface area (Å²) in [5.74, 6) is 0.104. The maximum atomic E-state index is 12.5. The number of thioether (sulfide) groups is 1. The van der Waals surface area contributed by atoms with Crippen LogP contribution in [0.15, 0.2) is 29.2 Å². The monoisotopic (exact) mass is 334 g/mol. The van der Waals surface area contributed by atoms with Crippen molar-refractivity contribution in [1.29, 1.82) is 0 Å². The highest BCUT2D eigenvalue weighted by Gasteiger charge is 2.33. The number of thiocarbonyl (C=S) groups is 1. The van der Waals surface area contributed by atoms with Crippen LogP contribution in [0.5, 0.6) is 5.75 Å². The second-order valence-electron chi connectivity index (χ2n) is 5.49. The molecular weight excluding hydrogens is 316 g/mol. The number of aromatic hydroxyl groups is 1. The van der Waals surface area contributed by atoms with Crippen molar-refractivity contribution in [3.63, 3.8) is 0 Å². The first-order valence-corrected chi connectivity index (χ1v) is 8.63. The fraction of sp³-hybridized carbons (Fsp3) is 0.375. The Hall–Kier alpha value is -1.37. The van der Waals surface area contributed by atoms with Gasteiger partial charge in [-0.05, 0) is 38.1 Å². The predicted octanol–water partition coefficient (Wildman–Crippen LogP) is 3.04. The van der Waals surface area contributed by atoms with E-state index in [9.17, 15) is 9.90 Å². The Morgan fingerprint density at radius 2 is 1.95 bits per heavy atom. The summed E-state index contributed by atoms with van der Waals surface area (Å²) < 4.78 is 0.595. The molecule has 0 saturated carbocycles. The van der Waals surface area contributed by atoms with E-state index in [0.717, 1.165) is 13.1 Å². The first-order valence-electron chi connectivity index (χ1n) is 7.41. The molecule has 1 aromatic carbocycles. The van der Waals surface area contributed by atoms with E-state index in [0.29, 0.717) is 21.5 Å². The number of amides is 1. The first kappa shape index (κ1) is 15.5. The average molecular weight is 334 g/mol. The molecule has 22 heavy (non-hydrogen) atoms. The zero-order valence-corrected chi connectivity index (χ0v) is 13.8. The van der Waals surface area contributed by atoms with Crippen LogP contribution in [-0.4, -0.2) is 44.9 Å². The molecule has 0 unspecified atom stereocenters. The number of nitrogens with zero attached hydrogens (tertiary/aromatic N) is 2. The van der Waals surface area contributed by atoms with E-state index in [-0.39, 0.29) is 11.7 Å². The summed E-state index contributed by atoms with van der Waals surface area (Å²) in [5.41, 5.74) is 0.640. The number of rotatable bonds is 3. The number of benzene rings is 1. The van der Waals surface area contributed by atoms with Gasteiger partial charge >= 0.3 is 0 Å². The Labute approximate surface area is 139 Å². The molecule has 0 radical (unpaired) electrons. The maximum absolute atomic E-state index is 12.5. The van der Waals surface area contributed by atoms with E-state index in [1.54, 1.807) is 29.2 Å². The minimum Gasteiger partial charge on any atom is -0.507 e. The van der Waals surface area contributed by atoms with Crippen molar-refractivity contribution < 1.29 is 9.90 Å². The number of phenolic OH excluding ortho intramolecular Hbond substituents is 1. The van der Waals surface area contributed by atoms with Gasteiger partial charge in [-0.1, -0.05) is 48.6 Å². The van der Waals surface area contributed by atoms with Gasteiger partial charge in [0.15, 0.2) is 0 Å². The first-order chi connectivity index (χ1) is 10.6. The smallest absolute Gasteiger partial charge is 0.267 e. The highest BCUT2D eigenvalue weighted by molar-refractivity contribution is 8.26. The fourth-order valence-electron chi connectivity index (χ4n) is 2.67. The van der Waals surface area contributed by atoms with E-state index in [1.807, 2.05) is 6.07 Å². The molecular formula is C16H18N2O2S2. The lowest BCUT2D eigenvalue weighted by atomic mass is 10.1. The van der Waals surface area contributed by atoms with E-state index in [4.69, 9.17) is 12.2 Å². The van der Waals surface area contributed by atoms with Gasteiger partial charge in [0.25, 0.3) is 5.91 Å². The quantitative estimate of drug-likeness (QED) is 0.680. The summed E-state index contributed by atoms with van der Waals surface area (Å²) >= 11 is 6.66. The van der Waals surface area contributed by atoms with Crippen molar-refractivity contribution in [3.05, 3.63) is 34.7 Å².